The summed E-state index contributed by atoms with van der Waals surface area (Å²) < 4.78 is 25.4. The number of hydrogen-bond donors (Lipinski definition) is 1. The zero-order chi connectivity index (χ0) is 12.0. The number of amides is 1. The van der Waals surface area contributed by atoms with E-state index < -0.39 is 15.9 Å². The number of thioether (sulfide) groups is 1. The topological polar surface area (TPSA) is 63.2 Å². The van der Waals surface area contributed by atoms with Crippen molar-refractivity contribution in [1.29, 1.82) is 0 Å². The van der Waals surface area contributed by atoms with Crippen LogP contribution >= 0.6 is 23.1 Å². The van der Waals surface area contributed by atoms with Crippen molar-refractivity contribution in [3.63, 3.8) is 0 Å². The first-order valence-corrected chi connectivity index (χ1v) is 8.25. The molecule has 0 bridgehead atoms. The van der Waals surface area contributed by atoms with Gasteiger partial charge in [-0.05, 0) is 17.2 Å². The van der Waals surface area contributed by atoms with Crippen LogP contribution in [0.4, 0.5) is 0 Å². The smallest absolute Gasteiger partial charge is 0.273 e. The lowest BCUT2D eigenvalue weighted by Gasteiger charge is -2.04. The highest BCUT2D eigenvalue weighted by Gasteiger charge is 2.17. The summed E-state index contributed by atoms with van der Waals surface area (Å²) in [5, 5.41) is 1.66. The molecule has 7 heteroatoms. The van der Waals surface area contributed by atoms with Crippen LogP contribution in [0.3, 0.4) is 0 Å². The number of rotatable bonds is 6. The lowest BCUT2D eigenvalue weighted by molar-refractivity contribution is -0.118. The maximum Gasteiger partial charge on any atom is 0.273 e. The summed E-state index contributed by atoms with van der Waals surface area (Å²) in [5.41, 5.74) is 0. The third-order valence-corrected chi connectivity index (χ3v) is 5.36. The van der Waals surface area contributed by atoms with Gasteiger partial charge in [-0.1, -0.05) is 13.0 Å². The molecule has 1 heterocycles. The van der Waals surface area contributed by atoms with Crippen LogP contribution in [-0.4, -0.2) is 25.8 Å². The van der Waals surface area contributed by atoms with Gasteiger partial charge in [0.25, 0.3) is 10.0 Å². The fraction of sp³-hybridized carbons (Fsp3) is 0.444. The van der Waals surface area contributed by atoms with Crippen molar-refractivity contribution in [3.05, 3.63) is 17.5 Å². The predicted octanol–water partition coefficient (Wildman–Crippen LogP) is 1.70. The van der Waals surface area contributed by atoms with Gasteiger partial charge in [0.15, 0.2) is 0 Å². The Morgan fingerprint density at radius 3 is 2.88 bits per heavy atom. The minimum atomic E-state index is -3.64. The first-order chi connectivity index (χ1) is 7.56. The van der Waals surface area contributed by atoms with Crippen LogP contribution in [0.1, 0.15) is 13.3 Å². The Labute approximate surface area is 103 Å². The summed E-state index contributed by atoms with van der Waals surface area (Å²) in [4.78, 5) is 11.3. The molecule has 1 amide bonds. The van der Waals surface area contributed by atoms with Gasteiger partial charge < -0.3 is 0 Å². The van der Waals surface area contributed by atoms with Crippen molar-refractivity contribution in [2.45, 2.75) is 17.6 Å². The van der Waals surface area contributed by atoms with E-state index in [-0.39, 0.29) is 10.6 Å². The molecule has 0 fully saturated rings. The van der Waals surface area contributed by atoms with Gasteiger partial charge in [0.05, 0.1) is 0 Å². The van der Waals surface area contributed by atoms with Crippen molar-refractivity contribution in [1.82, 2.24) is 4.72 Å². The van der Waals surface area contributed by atoms with Crippen LogP contribution in [-0.2, 0) is 14.8 Å². The second kappa shape index (κ2) is 6.27. The van der Waals surface area contributed by atoms with E-state index in [1.54, 1.807) is 23.2 Å². The maximum absolute atomic E-state index is 11.6. The Hall–Kier alpha value is -0.530. The van der Waals surface area contributed by atoms with Gasteiger partial charge >= 0.3 is 0 Å². The highest BCUT2D eigenvalue weighted by molar-refractivity contribution is 7.99. The quantitative estimate of drug-likeness (QED) is 0.805. The molecule has 0 radical (unpaired) electrons. The average Bonchev–Trinajstić information content (AvgIpc) is 2.70. The third-order valence-electron chi connectivity index (χ3n) is 1.69. The number of sulfonamides is 1. The molecule has 0 aliphatic carbocycles. The number of hydrogen-bond acceptors (Lipinski definition) is 5. The summed E-state index contributed by atoms with van der Waals surface area (Å²) in [6, 6.07) is 3.11. The second-order valence-corrected chi connectivity index (χ2v) is 7.16. The first-order valence-electron chi connectivity index (χ1n) is 4.73. The van der Waals surface area contributed by atoms with Crippen molar-refractivity contribution >= 4 is 39.0 Å². The monoisotopic (exact) mass is 279 g/mol. The van der Waals surface area contributed by atoms with E-state index in [9.17, 15) is 13.2 Å². The van der Waals surface area contributed by atoms with Gasteiger partial charge in [-0.25, -0.2) is 13.1 Å². The fourth-order valence-electron chi connectivity index (χ4n) is 0.977. The molecule has 0 aromatic carbocycles. The SMILES string of the molecule is CCSCCC(=O)NS(=O)(=O)c1cccs1. The lowest BCUT2D eigenvalue weighted by atomic mass is 10.5. The minimum Gasteiger partial charge on any atom is -0.274 e. The zero-order valence-corrected chi connectivity index (χ0v) is 11.3. The Balaban J connectivity index is 2.51. The molecule has 0 aliphatic heterocycles. The number of carbonyl (C=O) groups excluding carboxylic acids is 1. The van der Waals surface area contributed by atoms with E-state index in [0.717, 1.165) is 17.1 Å². The van der Waals surface area contributed by atoms with Crippen LogP contribution < -0.4 is 4.72 Å². The van der Waals surface area contributed by atoms with Gasteiger partial charge in [-0.15, -0.1) is 11.3 Å². The third kappa shape index (κ3) is 4.15. The molecule has 0 aliphatic rings. The molecule has 1 N–H and O–H groups in total. The highest BCUT2D eigenvalue weighted by atomic mass is 32.2. The molecule has 0 saturated carbocycles. The second-order valence-electron chi connectivity index (χ2n) is 2.91. The van der Waals surface area contributed by atoms with E-state index in [1.165, 1.54) is 6.07 Å². The van der Waals surface area contributed by atoms with Crippen LogP contribution in [0.5, 0.6) is 0 Å². The van der Waals surface area contributed by atoms with E-state index in [4.69, 9.17) is 0 Å². The van der Waals surface area contributed by atoms with Gasteiger partial charge in [0.1, 0.15) is 4.21 Å². The molecule has 1 aromatic rings. The van der Waals surface area contributed by atoms with Gasteiger partial charge in [-0.2, -0.15) is 11.8 Å². The van der Waals surface area contributed by atoms with Crippen LogP contribution in [0.2, 0.25) is 0 Å². The Morgan fingerprint density at radius 1 is 1.56 bits per heavy atom. The largest absolute Gasteiger partial charge is 0.274 e. The van der Waals surface area contributed by atoms with E-state index >= 15 is 0 Å². The highest BCUT2D eigenvalue weighted by Crippen LogP contribution is 2.15. The predicted molar refractivity (Wildman–Crippen MR) is 67.3 cm³/mol. The summed E-state index contributed by atoms with van der Waals surface area (Å²) in [6.45, 7) is 1.99. The summed E-state index contributed by atoms with van der Waals surface area (Å²) in [7, 11) is -3.64. The van der Waals surface area contributed by atoms with Crippen LogP contribution in [0, 0.1) is 0 Å². The van der Waals surface area contributed by atoms with Crippen LogP contribution in [0.15, 0.2) is 21.7 Å². The van der Waals surface area contributed by atoms with E-state index in [1.807, 2.05) is 11.6 Å². The summed E-state index contributed by atoms with van der Waals surface area (Å²) in [6.07, 6.45) is 0.225. The van der Waals surface area contributed by atoms with E-state index in [2.05, 4.69) is 0 Å². The molecule has 0 unspecified atom stereocenters. The van der Waals surface area contributed by atoms with E-state index in [0.29, 0.717) is 5.75 Å². The molecule has 16 heavy (non-hydrogen) atoms. The molecular weight excluding hydrogens is 266 g/mol. The molecule has 90 valence electrons. The molecule has 0 saturated heterocycles. The summed E-state index contributed by atoms with van der Waals surface area (Å²) >= 11 is 2.70. The number of nitrogens with one attached hydrogen (secondary N) is 1. The number of thiophene rings is 1. The first kappa shape index (κ1) is 13.5. The van der Waals surface area contributed by atoms with Gasteiger partial charge in [0, 0.05) is 12.2 Å². The Bertz CT molecular complexity index is 425. The molecular formula is C9H13NO3S3. The summed E-state index contributed by atoms with van der Waals surface area (Å²) in [5.74, 6) is 1.11. The average molecular weight is 279 g/mol. The van der Waals surface area contributed by atoms with Crippen molar-refractivity contribution in [2.24, 2.45) is 0 Å². The minimum absolute atomic E-state index is 0.170. The zero-order valence-electron chi connectivity index (χ0n) is 8.80. The van der Waals surface area contributed by atoms with Crippen molar-refractivity contribution in [3.8, 4) is 0 Å². The maximum atomic E-state index is 11.6. The van der Waals surface area contributed by atoms with Crippen LogP contribution in [0.25, 0.3) is 0 Å². The van der Waals surface area contributed by atoms with Crippen molar-refractivity contribution in [2.75, 3.05) is 11.5 Å². The van der Waals surface area contributed by atoms with Crippen molar-refractivity contribution < 1.29 is 13.2 Å². The Kier molecular flexibility index (Phi) is 5.30. The Morgan fingerprint density at radius 2 is 2.31 bits per heavy atom. The molecule has 1 rings (SSSR count). The lowest BCUT2D eigenvalue weighted by Crippen LogP contribution is -2.30. The standard InChI is InChI=1S/C9H13NO3S3/c1-2-14-7-5-8(11)10-16(12,13)9-4-3-6-15-9/h3-4,6H,2,5,7H2,1H3,(H,10,11). The molecule has 0 atom stereocenters. The normalized spacial score (nSPS) is 11.3. The fourth-order valence-corrected chi connectivity index (χ4v) is 3.60. The van der Waals surface area contributed by atoms with Gasteiger partial charge in [0.2, 0.25) is 5.91 Å². The van der Waals surface area contributed by atoms with Gasteiger partial charge in [-0.3, -0.25) is 4.79 Å². The molecule has 0 spiro atoms. The molecule has 1 aromatic heterocycles. The number of carbonyl (C=O) groups is 1. The molecule has 4 nitrogen and oxygen atoms in total.